The predicted molar refractivity (Wildman–Crippen MR) is 97.1 cm³/mol. The molecule has 0 aliphatic carbocycles. The fourth-order valence-corrected chi connectivity index (χ4v) is 2.38. The average Bonchev–Trinajstić information content (AvgIpc) is 2.80. The highest BCUT2D eigenvalue weighted by molar-refractivity contribution is 5.97. The van der Waals surface area contributed by atoms with Gasteiger partial charge in [0.1, 0.15) is 0 Å². The van der Waals surface area contributed by atoms with Crippen LogP contribution in [0.5, 0.6) is 0 Å². The largest absolute Gasteiger partial charge is 0.449 e. The quantitative estimate of drug-likeness (QED) is 0.670. The highest BCUT2D eigenvalue weighted by Gasteiger charge is 2.20. The number of anilines is 1. The van der Waals surface area contributed by atoms with Crippen LogP contribution in [0.2, 0.25) is 0 Å². The van der Waals surface area contributed by atoms with Gasteiger partial charge >= 0.3 is 5.97 Å². The minimum absolute atomic E-state index is 0.392. The summed E-state index contributed by atoms with van der Waals surface area (Å²) in [6, 6.07) is 7.69. The third-order valence-electron chi connectivity index (χ3n) is 4.01. The number of nitrogens with one attached hydrogen (secondary N) is 1. The van der Waals surface area contributed by atoms with E-state index in [0.717, 1.165) is 16.8 Å². The van der Waals surface area contributed by atoms with Crippen LogP contribution in [-0.4, -0.2) is 27.8 Å². The number of rotatable bonds is 5. The Kier molecular flexibility index (Phi) is 5.75. The number of carbonyl (C=O) groups excluding carboxylic acids is 2. The molecule has 2 rings (SSSR count). The number of nitrogens with zero attached hydrogens (tertiary/aromatic N) is 2. The van der Waals surface area contributed by atoms with Gasteiger partial charge in [-0.15, -0.1) is 0 Å². The van der Waals surface area contributed by atoms with Gasteiger partial charge in [0.15, 0.2) is 6.10 Å². The van der Waals surface area contributed by atoms with Crippen LogP contribution in [0, 0.1) is 20.8 Å². The maximum Gasteiger partial charge on any atom is 0.331 e. The first kappa shape index (κ1) is 18.4. The Morgan fingerprint density at radius 1 is 1.24 bits per heavy atom. The van der Waals surface area contributed by atoms with E-state index in [4.69, 9.17) is 4.74 Å². The minimum Gasteiger partial charge on any atom is -0.449 e. The zero-order valence-corrected chi connectivity index (χ0v) is 15.2. The number of ether oxygens (including phenoxy) is 1. The van der Waals surface area contributed by atoms with Crippen LogP contribution in [-0.2, 0) is 21.4 Å². The summed E-state index contributed by atoms with van der Waals surface area (Å²) >= 11 is 0. The van der Waals surface area contributed by atoms with Gasteiger partial charge in [-0.25, -0.2) is 4.79 Å². The summed E-state index contributed by atoms with van der Waals surface area (Å²) in [6.07, 6.45) is 2.10. The molecule has 1 aromatic carbocycles. The zero-order chi connectivity index (χ0) is 18.6. The number of amides is 1. The lowest BCUT2D eigenvalue weighted by molar-refractivity contribution is -0.148. The molecule has 1 unspecified atom stereocenters. The molecule has 6 nitrogen and oxygen atoms in total. The van der Waals surface area contributed by atoms with Gasteiger partial charge in [0.05, 0.1) is 17.1 Å². The smallest absolute Gasteiger partial charge is 0.331 e. The average molecular weight is 341 g/mol. The Bertz CT molecular complexity index is 821. The lowest BCUT2D eigenvalue weighted by Crippen LogP contribution is -2.29. The highest BCUT2D eigenvalue weighted by atomic mass is 16.5. The van der Waals surface area contributed by atoms with Gasteiger partial charge in [-0.2, -0.15) is 5.10 Å². The molecule has 132 valence electrons. The van der Waals surface area contributed by atoms with E-state index in [1.807, 2.05) is 45.0 Å². The number of esters is 1. The van der Waals surface area contributed by atoms with Crippen molar-refractivity contribution in [3.63, 3.8) is 0 Å². The third kappa shape index (κ3) is 4.56. The number of benzene rings is 1. The molecule has 0 saturated carbocycles. The van der Waals surface area contributed by atoms with Gasteiger partial charge in [0.25, 0.3) is 5.91 Å². The number of carbonyl (C=O) groups is 2. The highest BCUT2D eigenvalue weighted by Crippen LogP contribution is 2.18. The van der Waals surface area contributed by atoms with Crippen LogP contribution in [0.15, 0.2) is 30.3 Å². The number of hydrogen-bond donors (Lipinski definition) is 1. The molecule has 25 heavy (non-hydrogen) atoms. The lowest BCUT2D eigenvalue weighted by atomic mass is 10.1. The monoisotopic (exact) mass is 341 g/mol. The predicted octanol–water partition coefficient (Wildman–Crippen LogP) is 2.93. The Morgan fingerprint density at radius 3 is 2.52 bits per heavy atom. The molecule has 0 spiro atoms. The summed E-state index contributed by atoms with van der Waals surface area (Å²) < 4.78 is 6.85. The van der Waals surface area contributed by atoms with Crippen LogP contribution in [0.4, 0.5) is 5.69 Å². The van der Waals surface area contributed by atoms with E-state index in [9.17, 15) is 9.59 Å². The molecule has 0 radical (unpaired) electrons. The summed E-state index contributed by atoms with van der Waals surface area (Å²) in [7, 11) is 1.80. The van der Waals surface area contributed by atoms with Crippen molar-refractivity contribution in [3.05, 3.63) is 52.9 Å². The van der Waals surface area contributed by atoms with Crippen LogP contribution < -0.4 is 5.32 Å². The summed E-state index contributed by atoms with van der Waals surface area (Å²) in [5.41, 5.74) is 4.18. The summed E-state index contributed by atoms with van der Waals surface area (Å²) in [5.74, 6) is -0.956. The van der Waals surface area contributed by atoms with Crippen LogP contribution in [0.1, 0.15) is 29.4 Å². The van der Waals surface area contributed by atoms with Crippen molar-refractivity contribution in [1.82, 2.24) is 9.78 Å². The van der Waals surface area contributed by atoms with Gasteiger partial charge in [0.2, 0.25) is 0 Å². The van der Waals surface area contributed by atoms with Gasteiger partial charge < -0.3 is 10.1 Å². The molecule has 2 aromatic rings. The van der Waals surface area contributed by atoms with E-state index in [2.05, 4.69) is 10.4 Å². The summed E-state index contributed by atoms with van der Waals surface area (Å²) in [6.45, 7) is 7.16. The second-order valence-corrected chi connectivity index (χ2v) is 5.93. The number of aryl methyl sites for hydroxylation is 3. The normalized spacial score (nSPS) is 12.2. The summed E-state index contributed by atoms with van der Waals surface area (Å²) in [5, 5.41) is 7.00. The van der Waals surface area contributed by atoms with E-state index >= 15 is 0 Å². The first-order valence-electron chi connectivity index (χ1n) is 8.05. The molecule has 0 saturated heterocycles. The number of hydrogen-bond acceptors (Lipinski definition) is 4. The topological polar surface area (TPSA) is 73.2 Å². The Morgan fingerprint density at radius 2 is 1.92 bits per heavy atom. The van der Waals surface area contributed by atoms with Gasteiger partial charge in [-0.3, -0.25) is 9.48 Å². The molecule has 6 heteroatoms. The third-order valence-corrected chi connectivity index (χ3v) is 4.01. The zero-order valence-electron chi connectivity index (χ0n) is 15.2. The van der Waals surface area contributed by atoms with E-state index in [1.165, 1.54) is 13.0 Å². The van der Waals surface area contributed by atoms with Gasteiger partial charge in [0, 0.05) is 13.1 Å². The van der Waals surface area contributed by atoms with E-state index in [1.54, 1.807) is 17.8 Å². The minimum atomic E-state index is -0.909. The Labute approximate surface area is 147 Å². The van der Waals surface area contributed by atoms with Crippen molar-refractivity contribution in [2.45, 2.75) is 33.8 Å². The maximum absolute atomic E-state index is 12.2. The van der Waals surface area contributed by atoms with Crippen LogP contribution >= 0.6 is 0 Å². The van der Waals surface area contributed by atoms with E-state index < -0.39 is 18.0 Å². The van der Waals surface area contributed by atoms with E-state index in [0.29, 0.717) is 11.4 Å². The maximum atomic E-state index is 12.2. The van der Waals surface area contributed by atoms with Crippen molar-refractivity contribution in [2.75, 3.05) is 5.32 Å². The molecular weight excluding hydrogens is 318 g/mol. The number of aromatic nitrogens is 2. The first-order chi connectivity index (χ1) is 11.8. The molecule has 0 fully saturated rings. The molecule has 1 atom stereocenters. The van der Waals surface area contributed by atoms with Crippen molar-refractivity contribution < 1.29 is 14.3 Å². The molecule has 1 heterocycles. The molecule has 0 aliphatic rings. The molecule has 0 aliphatic heterocycles. The van der Waals surface area contributed by atoms with Gasteiger partial charge in [-0.1, -0.05) is 24.3 Å². The SMILES string of the molecule is Cc1ccccc1/C=C/C(=O)OC(C)C(=O)Nc1c(C)nn(C)c1C. The molecule has 1 N–H and O–H groups in total. The van der Waals surface area contributed by atoms with Crippen molar-refractivity contribution in [1.29, 1.82) is 0 Å². The lowest BCUT2D eigenvalue weighted by Gasteiger charge is -2.12. The van der Waals surface area contributed by atoms with Crippen LogP contribution in [0.25, 0.3) is 6.08 Å². The summed E-state index contributed by atoms with van der Waals surface area (Å²) in [4.78, 5) is 24.2. The Balaban J connectivity index is 1.96. The first-order valence-corrected chi connectivity index (χ1v) is 8.05. The second kappa shape index (κ2) is 7.79. The van der Waals surface area contributed by atoms with Crippen LogP contribution in [0.3, 0.4) is 0 Å². The van der Waals surface area contributed by atoms with Crippen molar-refractivity contribution in [3.8, 4) is 0 Å². The molecule has 1 aromatic heterocycles. The van der Waals surface area contributed by atoms with Crippen molar-refractivity contribution >= 4 is 23.6 Å². The van der Waals surface area contributed by atoms with E-state index in [-0.39, 0.29) is 0 Å². The van der Waals surface area contributed by atoms with Crippen molar-refractivity contribution in [2.24, 2.45) is 7.05 Å². The fraction of sp³-hybridized carbons (Fsp3) is 0.316. The second-order valence-electron chi connectivity index (χ2n) is 5.93. The molecule has 1 amide bonds. The fourth-order valence-electron chi connectivity index (χ4n) is 2.38. The standard InChI is InChI=1S/C19H23N3O3/c1-12-8-6-7-9-16(12)10-11-17(23)25-15(4)19(24)20-18-13(2)21-22(5)14(18)3/h6-11,15H,1-5H3,(H,20,24)/b11-10+. The molecular formula is C19H23N3O3. The Hall–Kier alpha value is -2.89. The van der Waals surface area contributed by atoms with Gasteiger partial charge in [-0.05, 0) is 44.9 Å². The molecule has 0 bridgehead atoms.